The van der Waals surface area contributed by atoms with E-state index < -0.39 is 33.6 Å². The largest absolute Gasteiger partial charge is 0.478 e. The molecule has 0 saturated heterocycles. The summed E-state index contributed by atoms with van der Waals surface area (Å²) in [6.45, 7) is 3.02. The van der Waals surface area contributed by atoms with E-state index in [1.807, 2.05) is 0 Å². The number of hydrazine groups is 1. The second kappa shape index (κ2) is 8.17. The molecule has 0 unspecified atom stereocenters. The first-order chi connectivity index (χ1) is 12.6. The van der Waals surface area contributed by atoms with E-state index in [0.717, 1.165) is 6.26 Å². The molecule has 0 aliphatic heterocycles. The van der Waals surface area contributed by atoms with Crippen LogP contribution in [0.15, 0.2) is 47.4 Å². The van der Waals surface area contributed by atoms with Crippen molar-refractivity contribution >= 4 is 21.7 Å². The zero-order chi connectivity index (χ0) is 20.2. The minimum atomic E-state index is -3.48. The standard InChI is InChI=1S/C18H19FN2O5S/c1-11-8-9-13(27(3,24)25)10-14(11)18(23)21-20-17(22)12(2)26-16-7-5-4-6-15(16)19/h4-10,12H,1-3H3,(H,20,22)(H,21,23)/t12-/m1/s1. The van der Waals surface area contributed by atoms with E-state index in [1.54, 1.807) is 13.0 Å². The van der Waals surface area contributed by atoms with Crippen LogP contribution in [0.25, 0.3) is 0 Å². The van der Waals surface area contributed by atoms with Crippen molar-refractivity contribution in [2.24, 2.45) is 0 Å². The smallest absolute Gasteiger partial charge is 0.279 e. The third-order valence-corrected chi connectivity index (χ3v) is 4.80. The highest BCUT2D eigenvalue weighted by Gasteiger charge is 2.19. The van der Waals surface area contributed by atoms with Crippen molar-refractivity contribution in [2.45, 2.75) is 24.8 Å². The predicted molar refractivity (Wildman–Crippen MR) is 96.4 cm³/mol. The van der Waals surface area contributed by atoms with Gasteiger partial charge in [-0.15, -0.1) is 0 Å². The third-order valence-electron chi connectivity index (χ3n) is 3.69. The lowest BCUT2D eigenvalue weighted by atomic mass is 10.1. The fourth-order valence-electron chi connectivity index (χ4n) is 2.15. The molecule has 0 radical (unpaired) electrons. The van der Waals surface area contributed by atoms with Crippen LogP contribution in [0.4, 0.5) is 4.39 Å². The summed E-state index contributed by atoms with van der Waals surface area (Å²) < 4.78 is 42.0. The number of amides is 2. The Labute approximate surface area is 156 Å². The molecule has 0 spiro atoms. The molecule has 0 aliphatic rings. The van der Waals surface area contributed by atoms with Gasteiger partial charge in [-0.25, -0.2) is 12.8 Å². The Morgan fingerprint density at radius 2 is 1.78 bits per heavy atom. The van der Waals surface area contributed by atoms with Crippen LogP contribution >= 0.6 is 0 Å². The Morgan fingerprint density at radius 3 is 2.41 bits per heavy atom. The van der Waals surface area contributed by atoms with Gasteiger partial charge in [0.25, 0.3) is 11.8 Å². The fraction of sp³-hybridized carbons (Fsp3) is 0.222. The first-order valence-corrected chi connectivity index (χ1v) is 9.81. The van der Waals surface area contributed by atoms with Gasteiger partial charge in [-0.3, -0.25) is 20.4 Å². The summed E-state index contributed by atoms with van der Waals surface area (Å²) >= 11 is 0. The van der Waals surface area contributed by atoms with Gasteiger partial charge in [-0.1, -0.05) is 18.2 Å². The minimum absolute atomic E-state index is 0.0131. The Balaban J connectivity index is 2.03. The molecule has 2 aromatic rings. The minimum Gasteiger partial charge on any atom is -0.478 e. The number of aryl methyl sites for hydroxylation is 1. The molecule has 27 heavy (non-hydrogen) atoms. The van der Waals surface area contributed by atoms with Crippen molar-refractivity contribution in [1.82, 2.24) is 10.9 Å². The topological polar surface area (TPSA) is 102 Å². The van der Waals surface area contributed by atoms with Crippen molar-refractivity contribution < 1.29 is 27.1 Å². The van der Waals surface area contributed by atoms with Gasteiger partial charge in [0, 0.05) is 11.8 Å². The van der Waals surface area contributed by atoms with Gasteiger partial charge in [0.15, 0.2) is 27.5 Å². The summed E-state index contributed by atoms with van der Waals surface area (Å²) in [5, 5.41) is 0. The van der Waals surface area contributed by atoms with Gasteiger partial charge in [0.05, 0.1) is 4.90 Å². The summed E-state index contributed by atoms with van der Waals surface area (Å²) in [4.78, 5) is 24.3. The van der Waals surface area contributed by atoms with Gasteiger partial charge in [-0.2, -0.15) is 0 Å². The lowest BCUT2D eigenvalue weighted by Gasteiger charge is -2.16. The highest BCUT2D eigenvalue weighted by Crippen LogP contribution is 2.17. The number of carbonyl (C=O) groups excluding carboxylic acids is 2. The molecule has 1 atom stereocenters. The van der Waals surface area contributed by atoms with Crippen LogP contribution in [-0.2, 0) is 14.6 Å². The summed E-state index contributed by atoms with van der Waals surface area (Å²) in [7, 11) is -3.48. The monoisotopic (exact) mass is 394 g/mol. The van der Waals surface area contributed by atoms with Crippen LogP contribution < -0.4 is 15.6 Å². The highest BCUT2D eigenvalue weighted by molar-refractivity contribution is 7.90. The van der Waals surface area contributed by atoms with Crippen LogP contribution in [0.1, 0.15) is 22.8 Å². The molecule has 9 heteroatoms. The van der Waals surface area contributed by atoms with E-state index in [2.05, 4.69) is 10.9 Å². The number of nitrogens with one attached hydrogen (secondary N) is 2. The molecule has 0 bridgehead atoms. The van der Waals surface area contributed by atoms with Gasteiger partial charge >= 0.3 is 0 Å². The van der Waals surface area contributed by atoms with Crippen molar-refractivity contribution in [3.8, 4) is 5.75 Å². The summed E-state index contributed by atoms with van der Waals surface area (Å²) in [5.74, 6) is -2.11. The molecule has 144 valence electrons. The Morgan fingerprint density at radius 1 is 1.11 bits per heavy atom. The van der Waals surface area contributed by atoms with Gasteiger partial charge in [0.1, 0.15) is 0 Å². The summed E-state index contributed by atoms with van der Waals surface area (Å²) in [6, 6.07) is 9.73. The zero-order valence-corrected chi connectivity index (χ0v) is 15.8. The average molecular weight is 394 g/mol. The third kappa shape index (κ3) is 5.27. The van der Waals surface area contributed by atoms with Crippen molar-refractivity contribution in [3.63, 3.8) is 0 Å². The van der Waals surface area contributed by atoms with Gasteiger partial charge < -0.3 is 4.74 Å². The number of carbonyl (C=O) groups is 2. The molecule has 0 aliphatic carbocycles. The fourth-order valence-corrected chi connectivity index (χ4v) is 2.80. The number of hydrogen-bond donors (Lipinski definition) is 2. The molecular weight excluding hydrogens is 375 g/mol. The van der Waals surface area contributed by atoms with Crippen molar-refractivity contribution in [1.29, 1.82) is 0 Å². The van der Waals surface area contributed by atoms with E-state index in [9.17, 15) is 22.4 Å². The number of rotatable bonds is 5. The lowest BCUT2D eigenvalue weighted by Crippen LogP contribution is -2.47. The number of benzene rings is 2. The molecule has 0 fully saturated rings. The average Bonchev–Trinajstić information content (AvgIpc) is 2.60. The maximum absolute atomic E-state index is 13.6. The summed E-state index contributed by atoms with van der Waals surface area (Å²) in [5.41, 5.74) is 4.99. The van der Waals surface area contributed by atoms with Crippen LogP contribution in [-0.4, -0.2) is 32.6 Å². The van der Waals surface area contributed by atoms with Gasteiger partial charge in [0.2, 0.25) is 0 Å². The second-order valence-electron chi connectivity index (χ2n) is 5.88. The first kappa shape index (κ1) is 20.4. The number of ether oxygens (including phenoxy) is 1. The molecule has 7 nitrogen and oxygen atoms in total. The Hall–Kier alpha value is -2.94. The van der Waals surface area contributed by atoms with E-state index in [4.69, 9.17) is 4.74 Å². The van der Waals surface area contributed by atoms with E-state index in [1.165, 1.54) is 43.3 Å². The number of para-hydroxylation sites is 1. The Kier molecular flexibility index (Phi) is 6.17. The molecule has 0 heterocycles. The highest BCUT2D eigenvalue weighted by atomic mass is 32.2. The van der Waals surface area contributed by atoms with E-state index >= 15 is 0 Å². The normalized spacial score (nSPS) is 12.1. The van der Waals surface area contributed by atoms with E-state index in [0.29, 0.717) is 5.56 Å². The molecule has 2 N–H and O–H groups in total. The molecule has 0 saturated carbocycles. The lowest BCUT2D eigenvalue weighted by molar-refractivity contribution is -0.128. The molecule has 2 rings (SSSR count). The maximum atomic E-state index is 13.6. The van der Waals surface area contributed by atoms with Crippen molar-refractivity contribution in [2.75, 3.05) is 6.26 Å². The maximum Gasteiger partial charge on any atom is 0.279 e. The van der Waals surface area contributed by atoms with Crippen LogP contribution in [0.2, 0.25) is 0 Å². The SMILES string of the molecule is Cc1ccc(S(C)(=O)=O)cc1C(=O)NNC(=O)[C@@H](C)Oc1ccccc1F. The van der Waals surface area contributed by atoms with Crippen LogP contribution in [0.5, 0.6) is 5.75 Å². The zero-order valence-electron chi connectivity index (χ0n) is 14.9. The van der Waals surface area contributed by atoms with Crippen LogP contribution in [0, 0.1) is 12.7 Å². The molecule has 2 amide bonds. The quantitative estimate of drug-likeness (QED) is 0.753. The predicted octanol–water partition coefficient (Wildman–Crippen LogP) is 1.77. The molecule has 2 aromatic carbocycles. The second-order valence-corrected chi connectivity index (χ2v) is 7.90. The molecule has 0 aromatic heterocycles. The van der Waals surface area contributed by atoms with Crippen molar-refractivity contribution in [3.05, 3.63) is 59.4 Å². The number of halogens is 1. The van der Waals surface area contributed by atoms with Gasteiger partial charge in [-0.05, 0) is 43.7 Å². The molecular formula is C18H19FN2O5S. The number of sulfone groups is 1. The Bertz CT molecular complexity index is 975. The summed E-state index contributed by atoms with van der Waals surface area (Å²) in [6.07, 6.45) is -0.0475. The van der Waals surface area contributed by atoms with E-state index in [-0.39, 0.29) is 16.2 Å². The first-order valence-electron chi connectivity index (χ1n) is 7.91. The number of hydrogen-bond acceptors (Lipinski definition) is 5. The van der Waals surface area contributed by atoms with Crippen LogP contribution in [0.3, 0.4) is 0 Å².